The number of nitrogens with zero attached hydrogens (tertiary/aromatic N) is 6. The Kier molecular flexibility index (Phi) is 9.64. The average molecular weight is 707 g/mol. The molecule has 0 spiro atoms. The molecule has 18 heteroatoms. The molecule has 2 heterocycles. The van der Waals surface area contributed by atoms with Crippen LogP contribution in [0.2, 0.25) is 0 Å². The highest BCUT2D eigenvalue weighted by atomic mass is 19.4. The van der Waals surface area contributed by atoms with Gasteiger partial charge in [-0.1, -0.05) is 12.0 Å². The molecule has 2 aliphatic rings. The van der Waals surface area contributed by atoms with Gasteiger partial charge in [-0.2, -0.15) is 44.3 Å². The minimum atomic E-state index is -5.15. The second kappa shape index (κ2) is 13.2. The number of carbonyl (C=O) groups excluding carboxylic acids is 1. The van der Waals surface area contributed by atoms with E-state index in [4.69, 9.17) is 0 Å². The van der Waals surface area contributed by atoms with Gasteiger partial charge >= 0.3 is 24.5 Å². The maximum atomic E-state index is 14.1. The molecule has 9 nitrogen and oxygen atoms in total. The molecule has 1 fully saturated rings. The highest BCUT2D eigenvalue weighted by molar-refractivity contribution is 5.97. The summed E-state index contributed by atoms with van der Waals surface area (Å²) in [7, 11) is 1.35. The van der Waals surface area contributed by atoms with Crippen molar-refractivity contribution >= 4 is 23.5 Å². The van der Waals surface area contributed by atoms with E-state index in [1.807, 2.05) is 0 Å². The molecule has 1 aliphatic heterocycles. The third-order valence-corrected chi connectivity index (χ3v) is 9.10. The van der Waals surface area contributed by atoms with Gasteiger partial charge in [0.1, 0.15) is 0 Å². The van der Waals surface area contributed by atoms with Crippen LogP contribution in [0.4, 0.5) is 51.1 Å². The first kappa shape index (κ1) is 35.9. The van der Waals surface area contributed by atoms with Crippen molar-refractivity contribution in [1.29, 1.82) is 0 Å². The lowest BCUT2D eigenvalue weighted by molar-refractivity contribution is -0.144. The number of carbonyl (C=O) groups is 2. The first-order valence-corrected chi connectivity index (χ1v) is 15.3. The van der Waals surface area contributed by atoms with Crippen LogP contribution in [0.5, 0.6) is 0 Å². The fourth-order valence-corrected chi connectivity index (χ4v) is 6.65. The van der Waals surface area contributed by atoms with Crippen molar-refractivity contribution in [3.8, 4) is 0 Å². The van der Waals surface area contributed by atoms with Crippen LogP contribution >= 0.6 is 0 Å². The molecule has 266 valence electrons. The molecule has 3 aromatic rings. The summed E-state index contributed by atoms with van der Waals surface area (Å²) in [6, 6.07) is 1.91. The molecule has 2 atom stereocenters. The Bertz CT molecular complexity index is 1660. The number of carboxylic acid groups (broad SMARTS) is 1. The van der Waals surface area contributed by atoms with Crippen molar-refractivity contribution in [2.24, 2.45) is 18.9 Å². The van der Waals surface area contributed by atoms with Gasteiger partial charge in [-0.25, -0.2) is 0 Å². The number of tetrazole rings is 1. The van der Waals surface area contributed by atoms with Crippen molar-refractivity contribution in [1.82, 2.24) is 20.2 Å². The van der Waals surface area contributed by atoms with Gasteiger partial charge in [-0.15, -0.1) is 5.10 Å². The van der Waals surface area contributed by atoms with Crippen LogP contribution in [0, 0.1) is 11.8 Å². The number of fused-ring (bicyclic) bond motifs is 1. The number of aromatic nitrogens is 4. The number of rotatable bonds is 7. The molecular formula is C31H31F9N6O3. The van der Waals surface area contributed by atoms with Crippen LogP contribution in [0.25, 0.3) is 0 Å². The maximum Gasteiger partial charge on any atom is 0.416 e. The van der Waals surface area contributed by atoms with Gasteiger partial charge in [0.15, 0.2) is 0 Å². The molecule has 0 radical (unpaired) electrons. The molecule has 2 aromatic carbocycles. The predicted octanol–water partition coefficient (Wildman–Crippen LogP) is 7.42. The van der Waals surface area contributed by atoms with Crippen molar-refractivity contribution in [2.75, 3.05) is 9.80 Å². The average Bonchev–Trinajstić information content (AvgIpc) is 3.46. The highest BCUT2D eigenvalue weighted by Crippen LogP contribution is 2.47. The number of halogens is 9. The Labute approximate surface area is 273 Å². The van der Waals surface area contributed by atoms with Crippen LogP contribution in [0.1, 0.15) is 79.3 Å². The number of benzene rings is 2. The number of amides is 1. The largest absolute Gasteiger partial charge is 0.481 e. The SMILES string of the molecule is CCC1CC(N(Cc2cc(C(F)(F)F)cc(C(F)(F)F)c2)c2nnn(C)n2)c2cc(C(F)(F)F)ccc2N1C(=O)[C@H]1CC[C@H](C(=O)O)CC1. The third-order valence-electron chi connectivity index (χ3n) is 9.10. The zero-order valence-corrected chi connectivity index (χ0v) is 26.1. The summed E-state index contributed by atoms with van der Waals surface area (Å²) in [6.07, 6.45) is -14.0. The van der Waals surface area contributed by atoms with Crippen molar-refractivity contribution in [2.45, 2.75) is 82.6 Å². The van der Waals surface area contributed by atoms with Crippen molar-refractivity contribution in [3.05, 3.63) is 64.2 Å². The fourth-order valence-electron chi connectivity index (χ4n) is 6.65. The van der Waals surface area contributed by atoms with Crippen molar-refractivity contribution in [3.63, 3.8) is 0 Å². The summed E-state index contributed by atoms with van der Waals surface area (Å²) in [4.78, 5) is 29.1. The molecule has 0 saturated heterocycles. The second-order valence-electron chi connectivity index (χ2n) is 12.3. The van der Waals surface area contributed by atoms with Crippen LogP contribution in [0.15, 0.2) is 36.4 Å². The summed E-state index contributed by atoms with van der Waals surface area (Å²) in [6.45, 7) is 1.04. The number of alkyl halides is 9. The minimum absolute atomic E-state index is 0.0273. The van der Waals surface area contributed by atoms with Gasteiger partial charge in [0, 0.05) is 24.2 Å². The van der Waals surface area contributed by atoms with Crippen LogP contribution < -0.4 is 9.80 Å². The number of hydrogen-bond acceptors (Lipinski definition) is 6. The number of aryl methyl sites for hydroxylation is 1. The molecule has 1 aromatic heterocycles. The van der Waals surface area contributed by atoms with E-state index in [-0.39, 0.29) is 61.8 Å². The summed E-state index contributed by atoms with van der Waals surface area (Å²) in [5.74, 6) is -2.90. The third kappa shape index (κ3) is 7.61. The molecule has 1 amide bonds. The lowest BCUT2D eigenvalue weighted by Crippen LogP contribution is -2.50. The summed E-state index contributed by atoms with van der Waals surface area (Å²) in [5, 5.41) is 21.1. The predicted molar refractivity (Wildman–Crippen MR) is 155 cm³/mol. The van der Waals surface area contributed by atoms with Gasteiger partial charge in [0.2, 0.25) is 5.91 Å². The van der Waals surface area contributed by atoms with Gasteiger partial charge in [-0.3, -0.25) is 9.59 Å². The van der Waals surface area contributed by atoms with E-state index in [1.54, 1.807) is 6.92 Å². The van der Waals surface area contributed by atoms with E-state index in [2.05, 4.69) is 15.4 Å². The smallest absolute Gasteiger partial charge is 0.416 e. The Hall–Kier alpha value is -4.38. The Morgan fingerprint density at radius 1 is 0.857 bits per heavy atom. The summed E-state index contributed by atoms with van der Waals surface area (Å²) < 4.78 is 125. The van der Waals surface area contributed by atoms with E-state index >= 15 is 0 Å². The van der Waals surface area contributed by atoms with Crippen LogP contribution in [-0.4, -0.2) is 43.2 Å². The van der Waals surface area contributed by atoms with E-state index in [0.29, 0.717) is 12.1 Å². The van der Waals surface area contributed by atoms with E-state index in [1.165, 1.54) is 16.8 Å². The van der Waals surface area contributed by atoms with Gasteiger partial charge in [0.05, 0.1) is 35.7 Å². The van der Waals surface area contributed by atoms with E-state index < -0.39 is 83.1 Å². The summed E-state index contributed by atoms with van der Waals surface area (Å²) >= 11 is 0. The zero-order chi connectivity index (χ0) is 36.1. The molecule has 1 saturated carbocycles. The monoisotopic (exact) mass is 706 g/mol. The quantitative estimate of drug-likeness (QED) is 0.255. The molecule has 1 N–H and O–H groups in total. The normalized spacial score (nSPS) is 21.7. The van der Waals surface area contributed by atoms with Gasteiger partial charge in [0.25, 0.3) is 5.95 Å². The van der Waals surface area contributed by atoms with Gasteiger partial charge < -0.3 is 14.9 Å². The number of aliphatic carboxylic acids is 1. The Balaban J connectivity index is 1.64. The zero-order valence-electron chi connectivity index (χ0n) is 26.1. The molecule has 0 bridgehead atoms. The Morgan fingerprint density at radius 3 is 1.92 bits per heavy atom. The first-order valence-electron chi connectivity index (χ1n) is 15.3. The molecule has 5 rings (SSSR count). The van der Waals surface area contributed by atoms with Gasteiger partial charge in [-0.05, 0) is 91.3 Å². The maximum absolute atomic E-state index is 14.1. The standard InChI is InChI=1S/C31H31F9N6O3/c1-3-22-14-25(45(28-41-43-44(2)42-28)15-16-10-20(30(35,36)37)12-21(11-16)31(38,39)40)23-13-19(29(32,33)34)8-9-24(23)46(22)26(47)17-4-6-18(7-5-17)27(48)49/h8-13,17-18,22,25H,3-7,14-15H2,1-2H3,(H,48,49)/t17-,18-,22?,25?. The number of carboxylic acids is 1. The van der Waals surface area contributed by atoms with Crippen LogP contribution in [0.3, 0.4) is 0 Å². The molecular weight excluding hydrogens is 675 g/mol. The number of anilines is 2. The molecule has 49 heavy (non-hydrogen) atoms. The molecule has 1 aliphatic carbocycles. The fraction of sp³-hybridized carbons (Fsp3) is 0.516. The lowest BCUT2D eigenvalue weighted by Gasteiger charge is -2.45. The second-order valence-corrected chi connectivity index (χ2v) is 12.3. The topological polar surface area (TPSA) is 104 Å². The highest BCUT2D eigenvalue weighted by Gasteiger charge is 2.44. The lowest BCUT2D eigenvalue weighted by atomic mass is 9.80. The van der Waals surface area contributed by atoms with Crippen molar-refractivity contribution < 1.29 is 54.2 Å². The van der Waals surface area contributed by atoms with Crippen LogP contribution in [-0.2, 0) is 41.7 Å². The number of hydrogen-bond donors (Lipinski definition) is 1. The minimum Gasteiger partial charge on any atom is -0.481 e. The molecule has 2 unspecified atom stereocenters. The van der Waals surface area contributed by atoms with E-state index in [9.17, 15) is 54.2 Å². The first-order chi connectivity index (χ1) is 22.8. The van der Waals surface area contributed by atoms with E-state index in [0.717, 1.165) is 23.0 Å². The Morgan fingerprint density at radius 2 is 1.43 bits per heavy atom. The summed E-state index contributed by atoms with van der Waals surface area (Å²) in [5.41, 5.74) is -4.70.